The number of nitrogens with zero attached hydrogens (tertiary/aromatic N) is 5. The van der Waals surface area contributed by atoms with E-state index in [4.69, 9.17) is 9.47 Å². The highest BCUT2D eigenvalue weighted by Gasteiger charge is 2.32. The van der Waals surface area contributed by atoms with Gasteiger partial charge in [0.2, 0.25) is 0 Å². The molecule has 0 atom stereocenters. The summed E-state index contributed by atoms with van der Waals surface area (Å²) in [5.74, 6) is 0.727. The topological polar surface area (TPSA) is 114 Å². The molecule has 0 aliphatic carbocycles. The number of rotatable bonds is 10. The van der Waals surface area contributed by atoms with Crippen molar-refractivity contribution in [2.75, 3.05) is 26.2 Å². The number of amides is 2. The Kier molecular flexibility index (Phi) is 10.2. The molecule has 4 aliphatic heterocycles. The Labute approximate surface area is 338 Å². The molecule has 58 heavy (non-hydrogen) atoms. The van der Waals surface area contributed by atoms with Gasteiger partial charge in [-0.3, -0.25) is 24.1 Å². The van der Waals surface area contributed by atoms with Crippen LogP contribution in [0.25, 0.3) is 22.3 Å². The van der Waals surface area contributed by atoms with E-state index < -0.39 is 0 Å². The van der Waals surface area contributed by atoms with Crippen molar-refractivity contribution >= 4 is 23.2 Å². The van der Waals surface area contributed by atoms with E-state index in [1.165, 1.54) is 29.8 Å². The molecule has 0 radical (unpaired) electrons. The van der Waals surface area contributed by atoms with Gasteiger partial charge in [0, 0.05) is 98.8 Å². The predicted octanol–water partition coefficient (Wildman–Crippen LogP) is 6.50. The highest BCUT2D eigenvalue weighted by molar-refractivity contribution is 7.09. The number of ether oxygens (including phenoxy) is 2. The van der Waals surface area contributed by atoms with Crippen LogP contribution in [0.3, 0.4) is 0 Å². The lowest BCUT2D eigenvalue weighted by Crippen LogP contribution is -2.53. The van der Waals surface area contributed by atoms with Crippen LogP contribution in [0, 0.1) is 18.6 Å². The lowest BCUT2D eigenvalue weighted by atomic mass is 9.98. The number of fused-ring (bicyclic) bond motifs is 2. The van der Waals surface area contributed by atoms with Crippen molar-refractivity contribution in [3.8, 4) is 33.8 Å². The largest absolute Gasteiger partial charge is 0.487 e. The molecule has 0 saturated carbocycles. The van der Waals surface area contributed by atoms with E-state index in [0.717, 1.165) is 94.8 Å². The van der Waals surface area contributed by atoms with Gasteiger partial charge in [-0.15, -0.1) is 11.3 Å². The number of aryl methyl sites for hydroxylation is 2. The fourth-order valence-corrected chi connectivity index (χ4v) is 8.34. The second kappa shape index (κ2) is 15.8. The highest BCUT2D eigenvalue weighted by atomic mass is 32.1. The average molecular weight is 802 g/mol. The molecule has 2 aromatic heterocycles. The van der Waals surface area contributed by atoms with Gasteiger partial charge in [0.1, 0.15) is 35.3 Å². The lowest BCUT2D eigenvalue weighted by molar-refractivity contribution is 0.0142. The summed E-state index contributed by atoms with van der Waals surface area (Å²) in [6.07, 6.45) is 4.06. The Bertz CT molecular complexity index is 2320. The van der Waals surface area contributed by atoms with E-state index in [1.54, 1.807) is 40.3 Å². The smallest absolute Gasteiger partial charge is 0.251 e. The Morgan fingerprint density at radius 2 is 1.22 bits per heavy atom. The number of hydrogen-bond donors (Lipinski definition) is 2. The number of carbonyl (C=O) groups excluding carboxylic acids is 2. The summed E-state index contributed by atoms with van der Waals surface area (Å²) in [4.78, 5) is 33.3. The van der Waals surface area contributed by atoms with Gasteiger partial charge < -0.3 is 20.1 Å². The van der Waals surface area contributed by atoms with Crippen LogP contribution in [0.4, 0.5) is 8.78 Å². The Morgan fingerprint density at radius 1 is 0.724 bits per heavy atom. The maximum atomic E-state index is 13.4. The Balaban J connectivity index is 0.000000150. The van der Waals surface area contributed by atoms with E-state index in [9.17, 15) is 18.4 Å². The fourth-order valence-electron chi connectivity index (χ4n) is 7.74. The van der Waals surface area contributed by atoms with Crippen molar-refractivity contribution in [2.24, 2.45) is 7.05 Å². The zero-order valence-electron chi connectivity index (χ0n) is 32.0. The predicted molar refractivity (Wildman–Crippen MR) is 215 cm³/mol. The Hall–Kier alpha value is -5.96. The highest BCUT2D eigenvalue weighted by Crippen LogP contribution is 2.38. The summed E-state index contributed by atoms with van der Waals surface area (Å²) in [7, 11) is 1.91. The fraction of sp³-hybridized carbons (Fsp3) is 0.273. The Morgan fingerprint density at radius 3 is 1.67 bits per heavy atom. The van der Waals surface area contributed by atoms with Crippen LogP contribution in [0.15, 0.2) is 90.6 Å². The molecule has 2 amide bonds. The standard InChI is InChI=1S/C22H21FN4O2.C22H20FN3O2S/c1-26-10-14(8-25-26)11-27-12-18(13-27)29-21-6-16-9-24-22(28)20(16)7-19(21)15-2-4-17(23)5-3-15;1-13-25-17(12-29-13)9-26-10-18(11-26)28-21-6-15-8-24-22(27)20(15)7-19(21)14-2-4-16(23)5-3-14/h2-8,10,18H,9,11-13H2,1H3,(H,24,28);2-7,12,18H,8-11H2,1H3,(H,24,27). The summed E-state index contributed by atoms with van der Waals surface area (Å²) in [5.41, 5.74) is 8.75. The van der Waals surface area contributed by atoms with Crippen LogP contribution in [-0.2, 0) is 33.2 Å². The van der Waals surface area contributed by atoms with Crippen molar-refractivity contribution in [3.05, 3.63) is 141 Å². The van der Waals surface area contributed by atoms with Crippen LogP contribution in [-0.4, -0.2) is 74.8 Å². The zero-order valence-corrected chi connectivity index (χ0v) is 32.8. The third kappa shape index (κ3) is 8.08. The molecule has 10 rings (SSSR count). The minimum Gasteiger partial charge on any atom is -0.487 e. The minimum atomic E-state index is -0.292. The molecular weight excluding hydrogens is 761 g/mol. The number of likely N-dealkylation sites (tertiary alicyclic amines) is 2. The maximum Gasteiger partial charge on any atom is 0.251 e. The number of hydrogen-bond acceptors (Lipinski definition) is 9. The molecule has 2 fully saturated rings. The molecule has 0 spiro atoms. The van der Waals surface area contributed by atoms with Crippen LogP contribution in [0.1, 0.15) is 48.1 Å². The third-order valence-electron chi connectivity index (χ3n) is 10.7. The van der Waals surface area contributed by atoms with Crippen molar-refractivity contribution in [1.29, 1.82) is 0 Å². The summed E-state index contributed by atoms with van der Waals surface area (Å²) in [6.45, 7) is 8.01. The molecule has 0 bridgehead atoms. The summed E-state index contributed by atoms with van der Waals surface area (Å²) >= 11 is 1.67. The number of halogens is 2. The SMILES string of the molecule is Cc1nc(CN2CC(Oc3cc4c(cc3-c3ccc(F)cc3)C(=O)NC4)C2)cs1.Cn1cc(CN2CC(Oc3cc4c(cc3-c3ccc(F)cc3)C(=O)NC4)C2)cn1. The molecule has 2 N–H and O–H groups in total. The van der Waals surface area contributed by atoms with Gasteiger partial charge in [0.25, 0.3) is 11.8 Å². The second-order valence-electron chi connectivity index (χ2n) is 15.1. The zero-order chi connectivity index (χ0) is 39.9. The normalized spacial score (nSPS) is 16.4. The molecule has 296 valence electrons. The van der Waals surface area contributed by atoms with Crippen molar-refractivity contribution in [3.63, 3.8) is 0 Å². The molecule has 4 aliphatic rings. The van der Waals surface area contributed by atoms with Gasteiger partial charge in [-0.1, -0.05) is 24.3 Å². The van der Waals surface area contributed by atoms with Gasteiger partial charge in [0.05, 0.1) is 16.9 Å². The first kappa shape index (κ1) is 37.6. The van der Waals surface area contributed by atoms with E-state index >= 15 is 0 Å². The molecule has 6 aromatic rings. The first-order chi connectivity index (χ1) is 28.1. The lowest BCUT2D eigenvalue weighted by Gasteiger charge is -2.39. The molecule has 11 nitrogen and oxygen atoms in total. The van der Waals surface area contributed by atoms with E-state index in [1.807, 2.05) is 50.6 Å². The number of nitrogens with one attached hydrogen (secondary N) is 2. The number of benzene rings is 4. The van der Waals surface area contributed by atoms with Gasteiger partial charge in [-0.05, 0) is 77.7 Å². The first-order valence-electron chi connectivity index (χ1n) is 19.2. The maximum absolute atomic E-state index is 13.4. The summed E-state index contributed by atoms with van der Waals surface area (Å²) in [5, 5.41) is 13.1. The number of thiazole rings is 1. The van der Waals surface area contributed by atoms with Crippen molar-refractivity contribution < 1.29 is 27.8 Å². The van der Waals surface area contributed by atoms with Gasteiger partial charge in [-0.2, -0.15) is 5.10 Å². The second-order valence-corrected chi connectivity index (χ2v) is 16.2. The van der Waals surface area contributed by atoms with Gasteiger partial charge in [-0.25, -0.2) is 13.8 Å². The van der Waals surface area contributed by atoms with E-state index in [0.29, 0.717) is 24.2 Å². The molecular formula is C44H41F2N7O4S. The molecule has 2 saturated heterocycles. The van der Waals surface area contributed by atoms with Crippen molar-refractivity contribution in [1.82, 2.24) is 35.2 Å². The number of carbonyl (C=O) groups is 2. The van der Waals surface area contributed by atoms with Crippen LogP contribution in [0.5, 0.6) is 11.5 Å². The quantitative estimate of drug-likeness (QED) is 0.162. The number of aromatic nitrogens is 3. The van der Waals surface area contributed by atoms with Gasteiger partial charge in [0.15, 0.2) is 0 Å². The van der Waals surface area contributed by atoms with E-state index in [2.05, 4.69) is 35.9 Å². The first-order valence-corrected chi connectivity index (χ1v) is 20.1. The van der Waals surface area contributed by atoms with Crippen LogP contribution < -0.4 is 20.1 Å². The summed E-state index contributed by atoms with van der Waals surface area (Å²) < 4.78 is 41.2. The van der Waals surface area contributed by atoms with Crippen LogP contribution in [0.2, 0.25) is 0 Å². The minimum absolute atomic E-state index is 0.0778. The molecule has 14 heteroatoms. The van der Waals surface area contributed by atoms with E-state index in [-0.39, 0.29) is 35.7 Å². The third-order valence-corrected chi connectivity index (χ3v) is 11.6. The molecule has 4 aromatic carbocycles. The molecule has 6 heterocycles. The van der Waals surface area contributed by atoms with Crippen LogP contribution >= 0.6 is 11.3 Å². The summed E-state index contributed by atoms with van der Waals surface area (Å²) in [6, 6.07) is 20.1. The van der Waals surface area contributed by atoms with Gasteiger partial charge >= 0.3 is 0 Å². The monoisotopic (exact) mass is 801 g/mol. The van der Waals surface area contributed by atoms with Crippen molar-refractivity contribution in [2.45, 2.75) is 45.3 Å². The average Bonchev–Trinajstić information content (AvgIpc) is 3.98. The molecule has 0 unspecified atom stereocenters.